The smallest absolute Gasteiger partial charge is 0.346 e. The standard InChI is InChI=1S/C14H18N4O2/c1-17(10-6-8-11(19)9-7-10)14(20)18-13-5-3-2-4-12(13)15-16-18/h2-5,10-11,19H,6-9H2,1H3. The third kappa shape index (κ3) is 2.27. The summed E-state index contributed by atoms with van der Waals surface area (Å²) >= 11 is 0. The fraction of sp³-hybridized carbons (Fsp3) is 0.500. The van der Waals surface area contributed by atoms with Crippen LogP contribution in [0.2, 0.25) is 0 Å². The predicted molar refractivity (Wildman–Crippen MR) is 74.3 cm³/mol. The van der Waals surface area contributed by atoms with E-state index in [1.54, 1.807) is 11.9 Å². The number of carbonyl (C=O) groups is 1. The molecule has 2 aromatic rings. The zero-order chi connectivity index (χ0) is 14.1. The molecule has 1 aromatic heterocycles. The van der Waals surface area contributed by atoms with Crippen molar-refractivity contribution in [1.29, 1.82) is 0 Å². The molecule has 0 aliphatic heterocycles. The second-order valence-corrected chi connectivity index (χ2v) is 5.35. The molecule has 20 heavy (non-hydrogen) atoms. The zero-order valence-corrected chi connectivity index (χ0v) is 11.4. The van der Waals surface area contributed by atoms with Crippen molar-refractivity contribution < 1.29 is 9.90 Å². The number of aliphatic hydroxyl groups is 1. The Balaban J connectivity index is 1.81. The molecule has 1 N–H and O–H groups in total. The summed E-state index contributed by atoms with van der Waals surface area (Å²) in [6.45, 7) is 0. The average Bonchev–Trinajstić information content (AvgIpc) is 2.90. The fourth-order valence-corrected chi connectivity index (χ4v) is 2.76. The van der Waals surface area contributed by atoms with Gasteiger partial charge in [0.05, 0.1) is 11.6 Å². The zero-order valence-electron chi connectivity index (χ0n) is 11.4. The van der Waals surface area contributed by atoms with Crippen molar-refractivity contribution in [2.75, 3.05) is 7.05 Å². The van der Waals surface area contributed by atoms with Crippen molar-refractivity contribution in [3.8, 4) is 0 Å². The Hall–Kier alpha value is -1.95. The molecule has 0 saturated heterocycles. The molecule has 1 fully saturated rings. The lowest BCUT2D eigenvalue weighted by Crippen LogP contribution is -2.42. The van der Waals surface area contributed by atoms with Crippen LogP contribution < -0.4 is 0 Å². The minimum absolute atomic E-state index is 0.161. The number of amides is 1. The lowest BCUT2D eigenvalue weighted by atomic mass is 9.92. The van der Waals surface area contributed by atoms with E-state index in [9.17, 15) is 9.90 Å². The lowest BCUT2D eigenvalue weighted by Gasteiger charge is -2.32. The van der Waals surface area contributed by atoms with Crippen molar-refractivity contribution in [2.24, 2.45) is 0 Å². The predicted octanol–water partition coefficient (Wildman–Crippen LogP) is 1.63. The molecule has 1 aromatic carbocycles. The van der Waals surface area contributed by atoms with Crippen LogP contribution in [-0.4, -0.2) is 50.2 Å². The van der Waals surface area contributed by atoms with Gasteiger partial charge in [0.2, 0.25) is 0 Å². The molecule has 6 nitrogen and oxygen atoms in total. The van der Waals surface area contributed by atoms with Crippen molar-refractivity contribution in [2.45, 2.75) is 37.8 Å². The van der Waals surface area contributed by atoms with Crippen molar-refractivity contribution in [3.05, 3.63) is 24.3 Å². The third-order valence-corrected chi connectivity index (χ3v) is 4.05. The van der Waals surface area contributed by atoms with E-state index in [2.05, 4.69) is 10.3 Å². The molecular formula is C14H18N4O2. The molecule has 1 aliphatic carbocycles. The molecule has 1 aliphatic rings. The molecular weight excluding hydrogens is 256 g/mol. The normalized spacial score (nSPS) is 22.9. The number of benzene rings is 1. The van der Waals surface area contributed by atoms with E-state index in [0.717, 1.165) is 31.2 Å². The Kier molecular flexibility index (Phi) is 3.40. The van der Waals surface area contributed by atoms with Crippen LogP contribution in [0, 0.1) is 0 Å². The first kappa shape index (κ1) is 13.1. The highest BCUT2D eigenvalue weighted by Crippen LogP contribution is 2.23. The van der Waals surface area contributed by atoms with Gasteiger partial charge in [-0.1, -0.05) is 17.3 Å². The third-order valence-electron chi connectivity index (χ3n) is 4.05. The second kappa shape index (κ2) is 5.20. The number of para-hydroxylation sites is 1. The molecule has 1 amide bonds. The van der Waals surface area contributed by atoms with Crippen LogP contribution in [0.15, 0.2) is 24.3 Å². The van der Waals surface area contributed by atoms with Crippen LogP contribution >= 0.6 is 0 Å². The molecule has 0 spiro atoms. The van der Waals surface area contributed by atoms with E-state index in [-0.39, 0.29) is 18.2 Å². The summed E-state index contributed by atoms with van der Waals surface area (Å²) in [5.74, 6) is 0. The first-order valence-corrected chi connectivity index (χ1v) is 6.92. The van der Waals surface area contributed by atoms with Gasteiger partial charge in [0.15, 0.2) is 0 Å². The maximum Gasteiger partial charge on any atom is 0.346 e. The topological polar surface area (TPSA) is 71.2 Å². The minimum atomic E-state index is -0.220. The number of hydrogen-bond acceptors (Lipinski definition) is 4. The van der Waals surface area contributed by atoms with Crippen LogP contribution in [0.4, 0.5) is 4.79 Å². The SMILES string of the molecule is CN(C(=O)n1nnc2ccccc21)C1CCC(O)CC1. The number of hydrogen-bond donors (Lipinski definition) is 1. The van der Waals surface area contributed by atoms with Gasteiger partial charge in [-0.15, -0.1) is 5.10 Å². The largest absolute Gasteiger partial charge is 0.393 e. The highest BCUT2D eigenvalue weighted by molar-refractivity contribution is 5.87. The number of aromatic nitrogens is 3. The maximum absolute atomic E-state index is 12.5. The molecule has 6 heteroatoms. The highest BCUT2D eigenvalue weighted by Gasteiger charge is 2.27. The quantitative estimate of drug-likeness (QED) is 0.858. The summed E-state index contributed by atoms with van der Waals surface area (Å²) in [5.41, 5.74) is 1.44. The first-order chi connectivity index (χ1) is 9.66. The van der Waals surface area contributed by atoms with Crippen LogP contribution in [0.25, 0.3) is 11.0 Å². The number of aliphatic hydroxyl groups excluding tert-OH is 1. The van der Waals surface area contributed by atoms with Gasteiger partial charge in [-0.05, 0) is 37.8 Å². The summed E-state index contributed by atoms with van der Waals surface area (Å²) < 4.78 is 1.35. The number of fused-ring (bicyclic) bond motifs is 1. The molecule has 3 rings (SSSR count). The molecule has 1 heterocycles. The summed E-state index contributed by atoms with van der Waals surface area (Å²) in [7, 11) is 1.79. The lowest BCUT2D eigenvalue weighted by molar-refractivity contribution is 0.0916. The van der Waals surface area contributed by atoms with Crippen molar-refractivity contribution in [3.63, 3.8) is 0 Å². The Labute approximate surface area is 117 Å². The summed E-state index contributed by atoms with van der Waals surface area (Å²) in [6.07, 6.45) is 2.94. The van der Waals surface area contributed by atoms with Gasteiger partial charge in [-0.2, -0.15) is 4.68 Å². The fourth-order valence-electron chi connectivity index (χ4n) is 2.76. The summed E-state index contributed by atoms with van der Waals surface area (Å²) in [6, 6.07) is 7.41. The van der Waals surface area contributed by atoms with E-state index in [1.807, 2.05) is 24.3 Å². The van der Waals surface area contributed by atoms with E-state index in [1.165, 1.54) is 4.68 Å². The molecule has 0 unspecified atom stereocenters. The van der Waals surface area contributed by atoms with Crippen molar-refractivity contribution >= 4 is 17.1 Å². The van der Waals surface area contributed by atoms with E-state index in [4.69, 9.17) is 0 Å². The molecule has 0 bridgehead atoms. The Morgan fingerprint density at radius 3 is 2.75 bits per heavy atom. The number of rotatable bonds is 1. The molecule has 1 saturated carbocycles. The molecule has 106 valence electrons. The molecule has 0 radical (unpaired) electrons. The van der Waals surface area contributed by atoms with Gasteiger partial charge in [-0.25, -0.2) is 4.79 Å². The van der Waals surface area contributed by atoms with Crippen molar-refractivity contribution in [1.82, 2.24) is 19.9 Å². The Morgan fingerprint density at radius 2 is 2.00 bits per heavy atom. The van der Waals surface area contributed by atoms with Gasteiger partial charge >= 0.3 is 6.03 Å². The van der Waals surface area contributed by atoms with Gasteiger partial charge in [0, 0.05) is 13.1 Å². The monoisotopic (exact) mass is 274 g/mol. The Bertz CT molecular complexity index is 616. The average molecular weight is 274 g/mol. The minimum Gasteiger partial charge on any atom is -0.393 e. The second-order valence-electron chi connectivity index (χ2n) is 5.35. The number of carbonyl (C=O) groups excluding carboxylic acids is 1. The summed E-state index contributed by atoms with van der Waals surface area (Å²) in [5, 5.41) is 17.5. The van der Waals surface area contributed by atoms with E-state index < -0.39 is 0 Å². The van der Waals surface area contributed by atoms with Gasteiger partial charge in [0.1, 0.15) is 5.52 Å². The van der Waals surface area contributed by atoms with Gasteiger partial charge < -0.3 is 10.0 Å². The van der Waals surface area contributed by atoms with Crippen LogP contribution in [-0.2, 0) is 0 Å². The summed E-state index contributed by atoms with van der Waals surface area (Å²) in [4.78, 5) is 14.2. The van der Waals surface area contributed by atoms with Crippen LogP contribution in [0.3, 0.4) is 0 Å². The van der Waals surface area contributed by atoms with Gasteiger partial charge in [-0.3, -0.25) is 0 Å². The first-order valence-electron chi connectivity index (χ1n) is 6.92. The number of nitrogens with zero attached hydrogens (tertiary/aromatic N) is 4. The van der Waals surface area contributed by atoms with E-state index >= 15 is 0 Å². The van der Waals surface area contributed by atoms with Crippen LogP contribution in [0.5, 0.6) is 0 Å². The Morgan fingerprint density at radius 1 is 1.30 bits per heavy atom. The van der Waals surface area contributed by atoms with Gasteiger partial charge in [0.25, 0.3) is 0 Å². The van der Waals surface area contributed by atoms with Crippen LogP contribution in [0.1, 0.15) is 25.7 Å². The molecule has 0 atom stereocenters. The highest BCUT2D eigenvalue weighted by atomic mass is 16.3. The maximum atomic E-state index is 12.5. The van der Waals surface area contributed by atoms with E-state index in [0.29, 0.717) is 5.52 Å².